The van der Waals surface area contributed by atoms with E-state index < -0.39 is 0 Å². The predicted molar refractivity (Wildman–Crippen MR) is 76.8 cm³/mol. The molecule has 0 atom stereocenters. The number of aromatic nitrogens is 3. The Hall–Kier alpha value is -1.31. The fourth-order valence-corrected chi connectivity index (χ4v) is 2.27. The van der Waals surface area contributed by atoms with Crippen molar-refractivity contribution in [2.45, 2.75) is 13.1 Å². The molecule has 0 fully saturated rings. The summed E-state index contributed by atoms with van der Waals surface area (Å²) in [6, 6.07) is 4.78. The summed E-state index contributed by atoms with van der Waals surface area (Å²) in [6.07, 6.45) is 1.64. The van der Waals surface area contributed by atoms with E-state index in [2.05, 4.69) is 31.3 Å². The van der Waals surface area contributed by atoms with Crippen molar-refractivity contribution < 1.29 is 9.13 Å². The van der Waals surface area contributed by atoms with E-state index in [1.165, 1.54) is 12.1 Å². The first-order valence-electron chi connectivity index (χ1n) is 6.20. The van der Waals surface area contributed by atoms with Crippen molar-refractivity contribution in [1.82, 2.24) is 20.1 Å². The minimum Gasteiger partial charge on any atom is -0.383 e. The second-order valence-electron chi connectivity index (χ2n) is 4.31. The molecule has 5 nitrogen and oxygen atoms in total. The molecular formula is C13H16BrFN4O. The maximum atomic E-state index is 13.3. The van der Waals surface area contributed by atoms with Crippen molar-refractivity contribution in [2.24, 2.45) is 0 Å². The Morgan fingerprint density at radius 1 is 1.40 bits per heavy atom. The van der Waals surface area contributed by atoms with Crippen molar-refractivity contribution in [1.29, 1.82) is 0 Å². The smallest absolute Gasteiger partial charge is 0.164 e. The maximum Gasteiger partial charge on any atom is 0.164 e. The molecule has 1 aromatic heterocycles. The zero-order valence-corrected chi connectivity index (χ0v) is 12.7. The third-order valence-corrected chi connectivity index (χ3v) is 3.07. The van der Waals surface area contributed by atoms with Crippen LogP contribution in [0.5, 0.6) is 0 Å². The number of benzene rings is 1. The van der Waals surface area contributed by atoms with Crippen LogP contribution in [0.15, 0.2) is 29.0 Å². The quantitative estimate of drug-likeness (QED) is 0.781. The van der Waals surface area contributed by atoms with E-state index >= 15 is 0 Å². The van der Waals surface area contributed by atoms with E-state index in [1.54, 1.807) is 18.1 Å². The van der Waals surface area contributed by atoms with Crippen LogP contribution in [-0.2, 0) is 17.8 Å². The minimum atomic E-state index is -0.268. The predicted octanol–water partition coefficient (Wildman–Crippen LogP) is 1.96. The molecular weight excluding hydrogens is 327 g/mol. The van der Waals surface area contributed by atoms with Gasteiger partial charge in [0.1, 0.15) is 12.1 Å². The van der Waals surface area contributed by atoms with Gasteiger partial charge in [-0.3, -0.25) is 0 Å². The number of nitrogens with zero attached hydrogens (tertiary/aromatic N) is 3. The van der Waals surface area contributed by atoms with E-state index in [0.29, 0.717) is 30.0 Å². The van der Waals surface area contributed by atoms with Crippen molar-refractivity contribution in [3.8, 4) is 0 Å². The fraction of sp³-hybridized carbons (Fsp3) is 0.385. The van der Waals surface area contributed by atoms with Crippen molar-refractivity contribution in [3.63, 3.8) is 0 Å². The number of hydrogen-bond donors (Lipinski definition) is 1. The van der Waals surface area contributed by atoms with Gasteiger partial charge in [-0.25, -0.2) is 14.1 Å². The van der Waals surface area contributed by atoms with Gasteiger partial charge in [-0.05, 0) is 23.8 Å². The van der Waals surface area contributed by atoms with Crippen LogP contribution in [0.25, 0.3) is 0 Å². The lowest BCUT2D eigenvalue weighted by molar-refractivity contribution is 0.199. The standard InChI is InChI=1S/C13H16BrFN4O/c1-20-3-2-16-7-13-17-9-19(18-13)8-10-4-11(14)6-12(15)5-10/h4-6,9,16H,2-3,7-8H2,1H3. The molecule has 0 saturated heterocycles. The first kappa shape index (κ1) is 15.1. The highest BCUT2D eigenvalue weighted by atomic mass is 79.9. The SMILES string of the molecule is COCCNCc1ncn(Cc2cc(F)cc(Br)c2)n1. The van der Waals surface area contributed by atoms with Crippen molar-refractivity contribution in [2.75, 3.05) is 20.3 Å². The lowest BCUT2D eigenvalue weighted by Crippen LogP contribution is -2.19. The Morgan fingerprint density at radius 2 is 2.25 bits per heavy atom. The van der Waals surface area contributed by atoms with Crippen LogP contribution in [0, 0.1) is 5.82 Å². The molecule has 0 bridgehead atoms. The van der Waals surface area contributed by atoms with E-state index in [1.807, 2.05) is 6.07 Å². The summed E-state index contributed by atoms with van der Waals surface area (Å²) >= 11 is 3.27. The van der Waals surface area contributed by atoms with Crippen LogP contribution in [-0.4, -0.2) is 35.0 Å². The van der Waals surface area contributed by atoms with E-state index in [9.17, 15) is 4.39 Å². The molecule has 0 aliphatic rings. The molecule has 0 aliphatic heterocycles. The van der Waals surface area contributed by atoms with Crippen LogP contribution in [0.3, 0.4) is 0 Å². The van der Waals surface area contributed by atoms with Gasteiger partial charge in [-0.15, -0.1) is 0 Å². The number of nitrogens with one attached hydrogen (secondary N) is 1. The molecule has 0 spiro atoms. The lowest BCUT2D eigenvalue weighted by Gasteiger charge is -2.03. The Bertz CT molecular complexity index is 541. The minimum absolute atomic E-state index is 0.268. The highest BCUT2D eigenvalue weighted by molar-refractivity contribution is 9.10. The summed E-state index contributed by atoms with van der Waals surface area (Å²) < 4.78 is 20.6. The van der Waals surface area contributed by atoms with Crippen LogP contribution >= 0.6 is 15.9 Å². The molecule has 1 N–H and O–H groups in total. The zero-order chi connectivity index (χ0) is 14.4. The number of ether oxygens (including phenoxy) is 1. The average molecular weight is 343 g/mol. The Morgan fingerprint density at radius 3 is 3.00 bits per heavy atom. The van der Waals surface area contributed by atoms with Crippen molar-refractivity contribution >= 4 is 15.9 Å². The van der Waals surface area contributed by atoms with Crippen LogP contribution < -0.4 is 5.32 Å². The fourth-order valence-electron chi connectivity index (χ4n) is 1.75. The van der Waals surface area contributed by atoms with Gasteiger partial charge in [0, 0.05) is 18.1 Å². The van der Waals surface area contributed by atoms with Crippen LogP contribution in [0.1, 0.15) is 11.4 Å². The summed E-state index contributed by atoms with van der Waals surface area (Å²) in [5, 5.41) is 7.49. The molecule has 0 unspecified atom stereocenters. The maximum absolute atomic E-state index is 13.3. The topological polar surface area (TPSA) is 52.0 Å². The van der Waals surface area contributed by atoms with Gasteiger partial charge in [0.05, 0.1) is 19.7 Å². The molecule has 0 amide bonds. The summed E-state index contributed by atoms with van der Waals surface area (Å²) in [7, 11) is 1.66. The van der Waals surface area contributed by atoms with Crippen LogP contribution in [0.4, 0.5) is 4.39 Å². The average Bonchev–Trinajstić information content (AvgIpc) is 2.81. The Labute approximate surface area is 125 Å². The van der Waals surface area contributed by atoms with Crippen molar-refractivity contribution in [3.05, 3.63) is 46.2 Å². The van der Waals surface area contributed by atoms with Gasteiger partial charge in [0.15, 0.2) is 5.82 Å². The van der Waals surface area contributed by atoms with Crippen LogP contribution in [0.2, 0.25) is 0 Å². The zero-order valence-electron chi connectivity index (χ0n) is 11.1. The molecule has 7 heteroatoms. The summed E-state index contributed by atoms with van der Waals surface area (Å²) in [5.74, 6) is 0.438. The Balaban J connectivity index is 1.92. The number of rotatable bonds is 7. The molecule has 108 valence electrons. The second-order valence-corrected chi connectivity index (χ2v) is 5.22. The molecule has 0 saturated carbocycles. The molecule has 0 radical (unpaired) electrons. The van der Waals surface area contributed by atoms with Gasteiger partial charge in [-0.2, -0.15) is 5.10 Å². The second kappa shape index (κ2) is 7.47. The highest BCUT2D eigenvalue weighted by Gasteiger charge is 2.03. The number of halogens is 2. The molecule has 20 heavy (non-hydrogen) atoms. The number of methoxy groups -OCH3 is 1. The molecule has 2 aromatic rings. The summed E-state index contributed by atoms with van der Waals surface area (Å²) in [5.41, 5.74) is 0.834. The van der Waals surface area contributed by atoms with Gasteiger partial charge >= 0.3 is 0 Å². The molecule has 0 aliphatic carbocycles. The molecule has 2 rings (SSSR count). The summed E-state index contributed by atoms with van der Waals surface area (Å²) in [6.45, 7) is 2.48. The highest BCUT2D eigenvalue weighted by Crippen LogP contribution is 2.15. The third kappa shape index (κ3) is 4.66. The van der Waals surface area contributed by atoms with Gasteiger partial charge < -0.3 is 10.1 Å². The largest absolute Gasteiger partial charge is 0.383 e. The number of hydrogen-bond acceptors (Lipinski definition) is 4. The lowest BCUT2D eigenvalue weighted by atomic mass is 10.2. The van der Waals surface area contributed by atoms with Gasteiger partial charge in [0.25, 0.3) is 0 Å². The Kier molecular flexibility index (Phi) is 5.63. The first-order chi connectivity index (χ1) is 9.67. The van der Waals surface area contributed by atoms with Gasteiger partial charge in [-0.1, -0.05) is 15.9 Å². The monoisotopic (exact) mass is 342 g/mol. The summed E-state index contributed by atoms with van der Waals surface area (Å²) in [4.78, 5) is 4.20. The first-order valence-corrected chi connectivity index (χ1v) is 6.99. The van der Waals surface area contributed by atoms with E-state index in [4.69, 9.17) is 4.74 Å². The third-order valence-electron chi connectivity index (χ3n) is 2.62. The van der Waals surface area contributed by atoms with Gasteiger partial charge in [0.2, 0.25) is 0 Å². The molecule has 1 aromatic carbocycles. The normalized spacial score (nSPS) is 10.9. The van der Waals surface area contributed by atoms with E-state index in [-0.39, 0.29) is 5.82 Å². The van der Waals surface area contributed by atoms with E-state index in [0.717, 1.165) is 12.1 Å². The molecule has 1 heterocycles.